The van der Waals surface area contributed by atoms with Crippen LogP contribution in [0.15, 0.2) is 104 Å². The summed E-state index contributed by atoms with van der Waals surface area (Å²) in [6.07, 6.45) is 1.25. The summed E-state index contributed by atoms with van der Waals surface area (Å²) in [5.41, 5.74) is 0.526. The monoisotopic (exact) mass is 646 g/mol. The SMILES string of the molecule is O=c1c2ccccc2nc(-c2cc3cc(Br)ccc3o2)n1N=Cc1cc(Cl)c(OCc2ccccc2F)c([N+](=O)[O-])c1. The summed E-state index contributed by atoms with van der Waals surface area (Å²) >= 11 is 9.81. The van der Waals surface area contributed by atoms with E-state index in [4.69, 9.17) is 20.8 Å². The first kappa shape index (κ1) is 27.3. The average Bonchev–Trinajstić information content (AvgIpc) is 3.39. The molecule has 4 aromatic carbocycles. The molecule has 0 spiro atoms. The van der Waals surface area contributed by atoms with E-state index in [1.165, 1.54) is 36.5 Å². The quantitative estimate of drug-likeness (QED) is 0.0996. The molecule has 6 aromatic rings. The third-order valence-corrected chi connectivity index (χ3v) is 7.12. The Morgan fingerprint density at radius 3 is 2.69 bits per heavy atom. The first-order valence-corrected chi connectivity index (χ1v) is 13.6. The van der Waals surface area contributed by atoms with Gasteiger partial charge < -0.3 is 9.15 Å². The Bertz CT molecular complexity index is 2110. The molecule has 42 heavy (non-hydrogen) atoms. The smallest absolute Gasteiger partial charge is 0.313 e. The Balaban J connectivity index is 1.42. The molecule has 6 rings (SSSR count). The van der Waals surface area contributed by atoms with E-state index in [9.17, 15) is 19.3 Å². The van der Waals surface area contributed by atoms with Crippen LogP contribution in [0, 0.1) is 15.9 Å². The number of benzene rings is 4. The van der Waals surface area contributed by atoms with Gasteiger partial charge in [0, 0.05) is 27.1 Å². The van der Waals surface area contributed by atoms with Crippen LogP contribution in [0.4, 0.5) is 10.1 Å². The Hall–Kier alpha value is -4.87. The summed E-state index contributed by atoms with van der Waals surface area (Å²) in [7, 11) is 0. The first-order valence-electron chi connectivity index (χ1n) is 12.4. The molecule has 9 nitrogen and oxygen atoms in total. The minimum Gasteiger partial charge on any atom is -0.481 e. The number of nitrogens with zero attached hydrogens (tertiary/aromatic N) is 4. The molecule has 0 fully saturated rings. The zero-order valence-electron chi connectivity index (χ0n) is 21.3. The largest absolute Gasteiger partial charge is 0.481 e. The summed E-state index contributed by atoms with van der Waals surface area (Å²) < 4.78 is 27.5. The van der Waals surface area contributed by atoms with Gasteiger partial charge in [0.2, 0.25) is 11.6 Å². The second-order valence-corrected chi connectivity index (χ2v) is 10.4. The highest BCUT2D eigenvalue weighted by molar-refractivity contribution is 9.10. The zero-order chi connectivity index (χ0) is 29.4. The second-order valence-electron chi connectivity index (χ2n) is 9.10. The lowest BCUT2D eigenvalue weighted by Gasteiger charge is -2.10. The number of nitro benzene ring substituents is 1. The molecule has 208 valence electrons. The van der Waals surface area contributed by atoms with Gasteiger partial charge in [0.15, 0.2) is 5.76 Å². The predicted molar refractivity (Wildman–Crippen MR) is 161 cm³/mol. The fourth-order valence-electron chi connectivity index (χ4n) is 4.36. The minimum absolute atomic E-state index is 0.0888. The fraction of sp³-hybridized carbons (Fsp3) is 0.0333. The van der Waals surface area contributed by atoms with Gasteiger partial charge in [0.1, 0.15) is 18.0 Å². The van der Waals surface area contributed by atoms with E-state index in [-0.39, 0.29) is 34.3 Å². The van der Waals surface area contributed by atoms with Crippen molar-refractivity contribution in [3.05, 3.63) is 132 Å². The molecule has 2 heterocycles. The lowest BCUT2D eigenvalue weighted by molar-refractivity contribution is -0.385. The third kappa shape index (κ3) is 5.27. The maximum absolute atomic E-state index is 14.0. The summed E-state index contributed by atoms with van der Waals surface area (Å²) in [5.74, 6) is -0.306. The van der Waals surface area contributed by atoms with Crippen molar-refractivity contribution in [3.8, 4) is 17.3 Å². The van der Waals surface area contributed by atoms with E-state index in [1.54, 1.807) is 42.5 Å². The number of nitro groups is 1. The molecule has 0 bridgehead atoms. The molecular formula is C30H17BrClFN4O5. The van der Waals surface area contributed by atoms with Crippen molar-refractivity contribution in [2.45, 2.75) is 6.61 Å². The summed E-state index contributed by atoms with van der Waals surface area (Å²) in [4.78, 5) is 29.4. The number of hydrogen-bond donors (Lipinski definition) is 0. The summed E-state index contributed by atoms with van der Waals surface area (Å²) in [6, 6.07) is 22.5. The number of aromatic nitrogens is 2. The van der Waals surface area contributed by atoms with Crippen molar-refractivity contribution < 1.29 is 18.5 Å². The highest BCUT2D eigenvalue weighted by Crippen LogP contribution is 2.37. The second kappa shape index (κ2) is 11.2. The van der Waals surface area contributed by atoms with Crippen LogP contribution >= 0.6 is 27.5 Å². The van der Waals surface area contributed by atoms with Gasteiger partial charge in [-0.3, -0.25) is 14.9 Å². The van der Waals surface area contributed by atoms with Crippen molar-refractivity contribution in [3.63, 3.8) is 0 Å². The normalized spacial score (nSPS) is 11.5. The predicted octanol–water partition coefficient (Wildman–Crippen LogP) is 7.73. The van der Waals surface area contributed by atoms with Gasteiger partial charge in [-0.05, 0) is 48.5 Å². The van der Waals surface area contributed by atoms with Gasteiger partial charge >= 0.3 is 5.69 Å². The van der Waals surface area contributed by atoms with Crippen molar-refractivity contribution in [1.82, 2.24) is 9.66 Å². The zero-order valence-corrected chi connectivity index (χ0v) is 23.7. The molecule has 0 saturated carbocycles. The molecule has 0 radical (unpaired) electrons. The Kier molecular flexibility index (Phi) is 7.27. The van der Waals surface area contributed by atoms with Crippen LogP contribution in [0.3, 0.4) is 0 Å². The van der Waals surface area contributed by atoms with E-state index >= 15 is 0 Å². The Morgan fingerprint density at radius 2 is 1.88 bits per heavy atom. The van der Waals surface area contributed by atoms with E-state index < -0.39 is 22.0 Å². The van der Waals surface area contributed by atoms with Crippen LogP contribution in [-0.4, -0.2) is 20.8 Å². The van der Waals surface area contributed by atoms with Crippen LogP contribution in [0.1, 0.15) is 11.1 Å². The maximum atomic E-state index is 14.0. The number of para-hydroxylation sites is 1. The number of furan rings is 1. The number of rotatable bonds is 7. The molecule has 0 aliphatic carbocycles. The van der Waals surface area contributed by atoms with Crippen LogP contribution in [-0.2, 0) is 6.61 Å². The highest BCUT2D eigenvalue weighted by Gasteiger charge is 2.22. The van der Waals surface area contributed by atoms with Crippen LogP contribution in [0.25, 0.3) is 33.5 Å². The molecule has 0 saturated heterocycles. The molecule has 0 aliphatic heterocycles. The highest BCUT2D eigenvalue weighted by atomic mass is 79.9. The number of ether oxygens (including phenoxy) is 1. The Morgan fingerprint density at radius 1 is 1.10 bits per heavy atom. The standard InChI is InChI=1S/C30H17BrClFN4O5/c31-20-9-10-26-19(13-20)14-27(42-26)29-35-24-8-4-2-6-21(24)30(38)36(29)34-15-17-11-22(32)28(25(12-17)37(39)40)41-16-18-5-1-3-7-23(18)33/h1-15H,16H2. The molecule has 12 heteroatoms. The van der Waals surface area contributed by atoms with Crippen LogP contribution < -0.4 is 10.3 Å². The number of fused-ring (bicyclic) bond motifs is 2. The van der Waals surface area contributed by atoms with Gasteiger partial charge in [-0.25, -0.2) is 9.37 Å². The number of hydrogen-bond acceptors (Lipinski definition) is 7. The molecule has 0 N–H and O–H groups in total. The number of halogens is 3. The summed E-state index contributed by atoms with van der Waals surface area (Å²) in [5, 5.41) is 17.2. The van der Waals surface area contributed by atoms with Crippen LogP contribution in [0.2, 0.25) is 5.02 Å². The molecule has 2 aromatic heterocycles. The molecule has 0 unspecified atom stereocenters. The van der Waals surface area contributed by atoms with E-state index in [0.717, 1.165) is 14.5 Å². The van der Waals surface area contributed by atoms with Gasteiger partial charge in [-0.2, -0.15) is 9.78 Å². The Labute approximate surface area is 249 Å². The van der Waals surface area contributed by atoms with Gasteiger partial charge in [-0.15, -0.1) is 0 Å². The van der Waals surface area contributed by atoms with E-state index in [1.807, 2.05) is 12.1 Å². The molecule has 0 amide bonds. The van der Waals surface area contributed by atoms with Crippen molar-refractivity contribution in [2.24, 2.45) is 5.10 Å². The fourth-order valence-corrected chi connectivity index (χ4v) is 5.01. The van der Waals surface area contributed by atoms with Crippen LogP contribution in [0.5, 0.6) is 5.75 Å². The van der Waals surface area contributed by atoms with E-state index in [2.05, 4.69) is 26.0 Å². The molecule has 0 aliphatic rings. The topological polar surface area (TPSA) is 113 Å². The van der Waals surface area contributed by atoms with Gasteiger partial charge in [0.05, 0.1) is 27.1 Å². The van der Waals surface area contributed by atoms with Crippen molar-refractivity contribution >= 4 is 61.3 Å². The maximum Gasteiger partial charge on any atom is 0.313 e. The minimum atomic E-state index is -0.665. The van der Waals surface area contributed by atoms with Crippen molar-refractivity contribution in [1.29, 1.82) is 0 Å². The summed E-state index contributed by atoms with van der Waals surface area (Å²) in [6.45, 7) is -0.268. The third-order valence-electron chi connectivity index (χ3n) is 6.35. The van der Waals surface area contributed by atoms with E-state index in [0.29, 0.717) is 22.2 Å². The van der Waals surface area contributed by atoms with Gasteiger partial charge in [0.25, 0.3) is 5.56 Å². The molecular weight excluding hydrogens is 631 g/mol. The lowest BCUT2D eigenvalue weighted by Crippen LogP contribution is -2.20. The first-order chi connectivity index (χ1) is 20.3. The lowest BCUT2D eigenvalue weighted by atomic mass is 10.2. The average molecular weight is 648 g/mol. The van der Waals surface area contributed by atoms with Gasteiger partial charge in [-0.1, -0.05) is 57.9 Å². The van der Waals surface area contributed by atoms with Crippen molar-refractivity contribution in [2.75, 3.05) is 0 Å². The molecule has 0 atom stereocenters.